The van der Waals surface area contributed by atoms with Crippen LogP contribution in [0.3, 0.4) is 0 Å². The summed E-state index contributed by atoms with van der Waals surface area (Å²) in [5.41, 5.74) is -3.04. The molecule has 1 aromatic carbocycles. The fourth-order valence-corrected chi connectivity index (χ4v) is 1.42. The van der Waals surface area contributed by atoms with Crippen molar-refractivity contribution < 1.29 is 37.3 Å². The number of carbonyl (C=O) groups is 2. The molecule has 0 fully saturated rings. The Kier molecular flexibility index (Phi) is 3.89. The van der Waals surface area contributed by atoms with Crippen LogP contribution in [0.2, 0.25) is 0 Å². The average molecular weight is 266 g/mol. The molecule has 0 spiro atoms. The highest BCUT2D eigenvalue weighted by molar-refractivity contribution is 5.97. The first-order valence-corrected chi connectivity index (χ1v) is 4.50. The van der Waals surface area contributed by atoms with E-state index in [1.807, 2.05) is 0 Å². The van der Waals surface area contributed by atoms with E-state index < -0.39 is 34.7 Å². The molecule has 0 aliphatic rings. The van der Waals surface area contributed by atoms with E-state index in [1.165, 1.54) is 0 Å². The van der Waals surface area contributed by atoms with Crippen LogP contribution < -0.4 is 0 Å². The fraction of sp³-hybridized carbons (Fsp3) is 0.200. The summed E-state index contributed by atoms with van der Waals surface area (Å²) >= 11 is 0. The Morgan fingerprint density at radius 2 is 1.28 bits per heavy atom. The van der Waals surface area contributed by atoms with Crippen LogP contribution in [0.4, 0.5) is 17.8 Å². The first-order chi connectivity index (χ1) is 8.36. The molecule has 1 rings (SSSR count). The van der Waals surface area contributed by atoms with Gasteiger partial charge in [0, 0.05) is 9.05 Å². The van der Waals surface area contributed by atoms with Gasteiger partial charge in [-0.25, -0.2) is 28.3 Å². The molecule has 0 bridgehead atoms. The molecule has 0 N–H and O–H groups in total. The summed E-state index contributed by atoms with van der Waals surface area (Å²) < 4.78 is 50.7. The van der Waals surface area contributed by atoms with Gasteiger partial charge in [-0.1, -0.05) is 0 Å². The molecule has 18 heavy (non-hydrogen) atoms. The van der Waals surface area contributed by atoms with Gasteiger partial charge in [0.1, 0.15) is 16.9 Å². The van der Waals surface area contributed by atoms with E-state index in [4.69, 9.17) is 0 Å². The molecule has 4 nitrogen and oxygen atoms in total. The molecular weight excluding hydrogens is 260 g/mol. The average Bonchev–Trinajstić information content (AvgIpc) is 2.35. The zero-order chi connectivity index (χ0) is 14.0. The first-order valence-electron chi connectivity index (χ1n) is 4.50. The molecule has 0 aliphatic heterocycles. The quantitative estimate of drug-likeness (QED) is 0.772. The molecule has 98 valence electrons. The molecular formula is C10H6F4O4. The zero-order valence-corrected chi connectivity index (χ0v) is 9.14. The maximum absolute atomic E-state index is 13.7. The third kappa shape index (κ3) is 2.01. The second kappa shape index (κ2) is 5.03. The highest BCUT2D eigenvalue weighted by Gasteiger charge is 2.31. The van der Waals surface area contributed by atoms with Crippen molar-refractivity contribution in [3.63, 3.8) is 0 Å². The predicted octanol–water partition coefficient (Wildman–Crippen LogP) is 2.66. The van der Waals surface area contributed by atoms with Crippen molar-refractivity contribution in [3.05, 3.63) is 33.9 Å². The number of rotatable bonds is 2. The van der Waals surface area contributed by atoms with Gasteiger partial charge in [-0.2, -0.15) is 0 Å². The van der Waals surface area contributed by atoms with E-state index in [-0.39, 0.29) is 11.1 Å². The van der Waals surface area contributed by atoms with Gasteiger partial charge >= 0.3 is 11.9 Å². The van der Waals surface area contributed by atoms with Crippen molar-refractivity contribution >= 4 is 11.9 Å². The van der Waals surface area contributed by atoms with Crippen LogP contribution in [0.5, 0.6) is 0 Å². The van der Waals surface area contributed by atoms with E-state index >= 15 is 0 Å². The normalized spacial score (nSPS) is 10.1. The minimum Gasteiger partial charge on any atom is -0.249 e. The SMILES string of the molecule is Cc1c(C)c(C(=O)OF)c(F)c(C(=O)OF)c1F. The van der Waals surface area contributed by atoms with Crippen LogP contribution in [-0.4, -0.2) is 11.9 Å². The second-order valence-electron chi connectivity index (χ2n) is 3.36. The molecule has 0 heterocycles. The largest absolute Gasteiger partial charge is 0.385 e. The van der Waals surface area contributed by atoms with Crippen LogP contribution in [-0.2, 0) is 9.88 Å². The Morgan fingerprint density at radius 3 is 1.72 bits per heavy atom. The molecule has 0 aromatic heterocycles. The van der Waals surface area contributed by atoms with Crippen molar-refractivity contribution in [1.29, 1.82) is 0 Å². The summed E-state index contributed by atoms with van der Waals surface area (Å²) in [6.45, 7) is 2.20. The summed E-state index contributed by atoms with van der Waals surface area (Å²) in [7, 11) is 0. The second-order valence-corrected chi connectivity index (χ2v) is 3.36. The number of halogens is 4. The topological polar surface area (TPSA) is 52.6 Å². The lowest BCUT2D eigenvalue weighted by molar-refractivity contribution is -0.0805. The smallest absolute Gasteiger partial charge is 0.249 e. The van der Waals surface area contributed by atoms with Crippen molar-refractivity contribution in [2.24, 2.45) is 0 Å². The van der Waals surface area contributed by atoms with Crippen molar-refractivity contribution in [3.8, 4) is 0 Å². The summed E-state index contributed by atoms with van der Waals surface area (Å²) in [4.78, 5) is 27.3. The number of hydrogen-bond donors (Lipinski definition) is 0. The fourth-order valence-electron chi connectivity index (χ4n) is 1.42. The standard InChI is InChI=1S/C10H6F4O4/c1-3-4(2)7(11)6(10(16)18-14)8(12)5(3)9(15)17-13/h1-2H3. The lowest BCUT2D eigenvalue weighted by atomic mass is 9.97. The highest BCUT2D eigenvalue weighted by Crippen LogP contribution is 2.26. The lowest BCUT2D eigenvalue weighted by Crippen LogP contribution is -2.16. The molecule has 0 unspecified atom stereocenters. The van der Waals surface area contributed by atoms with Gasteiger partial charge in [0.2, 0.25) is 0 Å². The molecule has 0 saturated heterocycles. The maximum atomic E-state index is 13.7. The first kappa shape index (κ1) is 13.9. The Balaban J connectivity index is 3.70. The Morgan fingerprint density at radius 1 is 0.833 bits per heavy atom. The number of hydrogen-bond acceptors (Lipinski definition) is 4. The Bertz CT molecular complexity index is 484. The van der Waals surface area contributed by atoms with Crippen LogP contribution in [0.15, 0.2) is 0 Å². The van der Waals surface area contributed by atoms with Crippen molar-refractivity contribution in [2.75, 3.05) is 0 Å². The predicted molar refractivity (Wildman–Crippen MR) is 48.9 cm³/mol. The van der Waals surface area contributed by atoms with Crippen LogP contribution in [0, 0.1) is 25.5 Å². The maximum Gasteiger partial charge on any atom is 0.385 e. The Labute approximate surface area is 97.9 Å². The summed E-state index contributed by atoms with van der Waals surface area (Å²) in [5.74, 6) is -6.88. The molecule has 0 amide bonds. The van der Waals surface area contributed by atoms with Crippen LogP contribution >= 0.6 is 0 Å². The van der Waals surface area contributed by atoms with Gasteiger partial charge in [0.25, 0.3) is 0 Å². The van der Waals surface area contributed by atoms with Crippen LogP contribution in [0.1, 0.15) is 31.8 Å². The summed E-state index contributed by atoms with van der Waals surface area (Å²) in [6.07, 6.45) is 0. The highest BCUT2D eigenvalue weighted by atomic mass is 19.3. The summed E-state index contributed by atoms with van der Waals surface area (Å²) in [5, 5.41) is 0. The lowest BCUT2D eigenvalue weighted by Gasteiger charge is -2.11. The molecule has 0 atom stereocenters. The van der Waals surface area contributed by atoms with E-state index in [1.54, 1.807) is 0 Å². The minimum atomic E-state index is -1.97. The Hall–Kier alpha value is -2.12. The molecule has 0 radical (unpaired) electrons. The van der Waals surface area contributed by atoms with Gasteiger partial charge in [-0.15, -0.1) is 0 Å². The molecule has 0 saturated carbocycles. The van der Waals surface area contributed by atoms with E-state index in [2.05, 4.69) is 9.88 Å². The van der Waals surface area contributed by atoms with Crippen molar-refractivity contribution in [2.45, 2.75) is 13.8 Å². The third-order valence-corrected chi connectivity index (χ3v) is 2.47. The summed E-state index contributed by atoms with van der Waals surface area (Å²) in [6, 6.07) is 0. The monoisotopic (exact) mass is 266 g/mol. The van der Waals surface area contributed by atoms with E-state index in [0.717, 1.165) is 13.8 Å². The van der Waals surface area contributed by atoms with Crippen molar-refractivity contribution in [1.82, 2.24) is 0 Å². The number of benzene rings is 1. The third-order valence-electron chi connectivity index (χ3n) is 2.47. The minimum absolute atomic E-state index is 0.275. The van der Waals surface area contributed by atoms with Gasteiger partial charge in [0.15, 0.2) is 5.82 Å². The van der Waals surface area contributed by atoms with Gasteiger partial charge in [-0.3, -0.25) is 0 Å². The van der Waals surface area contributed by atoms with Gasteiger partial charge < -0.3 is 0 Å². The molecule has 0 aliphatic carbocycles. The van der Waals surface area contributed by atoms with Crippen LogP contribution in [0.25, 0.3) is 0 Å². The van der Waals surface area contributed by atoms with E-state index in [0.29, 0.717) is 0 Å². The molecule has 8 heteroatoms. The zero-order valence-electron chi connectivity index (χ0n) is 9.14. The molecule has 1 aromatic rings. The van der Waals surface area contributed by atoms with Gasteiger partial charge in [-0.05, 0) is 25.0 Å². The van der Waals surface area contributed by atoms with Gasteiger partial charge in [0.05, 0.1) is 0 Å². The van der Waals surface area contributed by atoms with E-state index in [9.17, 15) is 27.4 Å². The number of carbonyl (C=O) groups excluding carboxylic acids is 2.